The third kappa shape index (κ3) is 3.39. The molecule has 104 valence electrons. The van der Waals surface area contributed by atoms with Crippen molar-refractivity contribution < 1.29 is 14.3 Å². The van der Waals surface area contributed by atoms with E-state index in [4.69, 9.17) is 0 Å². The van der Waals surface area contributed by atoms with E-state index in [1.807, 2.05) is 0 Å². The number of carbonyl (C=O) groups is 2. The fourth-order valence-electron chi connectivity index (χ4n) is 1.55. The normalized spacial score (nSPS) is 10.1. The van der Waals surface area contributed by atoms with Gasteiger partial charge >= 0.3 is 5.97 Å². The van der Waals surface area contributed by atoms with E-state index in [2.05, 4.69) is 20.0 Å². The monoisotopic (exact) mass is 291 g/mol. The first-order valence-corrected chi connectivity index (χ1v) is 6.72. The van der Waals surface area contributed by atoms with Crippen LogP contribution in [0.1, 0.15) is 21.7 Å². The standard InChI is InChI=1S/C13H13N3O3S/c1-8-10(4-3-5-14-8)12(18)16-13-15-9(7-20-13)6-11(17)19-2/h3-5,7H,6H2,1-2H3,(H,15,16,18). The molecule has 0 radical (unpaired) electrons. The van der Waals surface area contributed by atoms with Gasteiger partial charge in [0, 0.05) is 17.3 Å². The van der Waals surface area contributed by atoms with Gasteiger partial charge in [0.1, 0.15) is 0 Å². The minimum atomic E-state index is -0.365. The lowest BCUT2D eigenvalue weighted by Gasteiger charge is -2.03. The molecule has 1 N–H and O–H groups in total. The molecule has 2 aromatic rings. The quantitative estimate of drug-likeness (QED) is 0.869. The van der Waals surface area contributed by atoms with Crippen molar-refractivity contribution in [1.82, 2.24) is 9.97 Å². The van der Waals surface area contributed by atoms with Gasteiger partial charge in [-0.05, 0) is 19.1 Å². The van der Waals surface area contributed by atoms with Gasteiger partial charge in [0.15, 0.2) is 5.13 Å². The molecule has 20 heavy (non-hydrogen) atoms. The molecule has 1 amide bonds. The van der Waals surface area contributed by atoms with Crippen LogP contribution in [-0.2, 0) is 16.0 Å². The highest BCUT2D eigenvalue weighted by Crippen LogP contribution is 2.17. The van der Waals surface area contributed by atoms with Crippen molar-refractivity contribution in [3.63, 3.8) is 0 Å². The van der Waals surface area contributed by atoms with Crippen LogP contribution in [-0.4, -0.2) is 29.0 Å². The van der Waals surface area contributed by atoms with Crippen LogP contribution in [0, 0.1) is 6.92 Å². The molecule has 2 aromatic heterocycles. The average Bonchev–Trinajstić information content (AvgIpc) is 2.86. The number of hydrogen-bond acceptors (Lipinski definition) is 6. The van der Waals surface area contributed by atoms with Gasteiger partial charge in [-0.3, -0.25) is 19.9 Å². The molecule has 0 unspecified atom stereocenters. The summed E-state index contributed by atoms with van der Waals surface area (Å²) in [5.74, 6) is -0.633. The van der Waals surface area contributed by atoms with Crippen molar-refractivity contribution in [3.8, 4) is 0 Å². The van der Waals surface area contributed by atoms with E-state index in [1.54, 1.807) is 30.6 Å². The molecule has 0 aromatic carbocycles. The van der Waals surface area contributed by atoms with E-state index in [9.17, 15) is 9.59 Å². The smallest absolute Gasteiger partial charge is 0.311 e. The summed E-state index contributed by atoms with van der Waals surface area (Å²) < 4.78 is 4.56. The molecule has 7 heteroatoms. The van der Waals surface area contributed by atoms with Gasteiger partial charge in [-0.15, -0.1) is 11.3 Å². The number of nitrogens with one attached hydrogen (secondary N) is 1. The number of aryl methyl sites for hydroxylation is 1. The molecule has 0 aliphatic rings. The Morgan fingerprint density at radius 2 is 2.25 bits per heavy atom. The van der Waals surface area contributed by atoms with E-state index in [1.165, 1.54) is 18.4 Å². The summed E-state index contributed by atoms with van der Waals surface area (Å²) in [7, 11) is 1.32. The van der Waals surface area contributed by atoms with Gasteiger partial charge in [-0.1, -0.05) is 0 Å². The first-order valence-electron chi connectivity index (χ1n) is 5.84. The predicted molar refractivity (Wildman–Crippen MR) is 74.8 cm³/mol. The molecule has 0 saturated carbocycles. The van der Waals surface area contributed by atoms with E-state index >= 15 is 0 Å². The minimum Gasteiger partial charge on any atom is -0.469 e. The Hall–Kier alpha value is -2.28. The Labute approximate surface area is 119 Å². The van der Waals surface area contributed by atoms with Crippen LogP contribution in [0.4, 0.5) is 5.13 Å². The van der Waals surface area contributed by atoms with Crippen molar-refractivity contribution in [1.29, 1.82) is 0 Å². The molecule has 0 aliphatic heterocycles. The summed E-state index contributed by atoms with van der Waals surface area (Å²) in [4.78, 5) is 31.4. The van der Waals surface area contributed by atoms with Crippen LogP contribution in [0.25, 0.3) is 0 Å². The van der Waals surface area contributed by atoms with E-state index in [-0.39, 0.29) is 18.3 Å². The number of esters is 1. The fourth-order valence-corrected chi connectivity index (χ4v) is 2.26. The van der Waals surface area contributed by atoms with Gasteiger partial charge in [0.25, 0.3) is 5.91 Å². The highest BCUT2D eigenvalue weighted by atomic mass is 32.1. The van der Waals surface area contributed by atoms with Crippen molar-refractivity contribution in [2.24, 2.45) is 0 Å². The Morgan fingerprint density at radius 1 is 1.45 bits per heavy atom. The SMILES string of the molecule is COC(=O)Cc1csc(NC(=O)c2cccnc2C)n1. The van der Waals surface area contributed by atoms with Crippen molar-refractivity contribution in [2.45, 2.75) is 13.3 Å². The number of carbonyl (C=O) groups excluding carboxylic acids is 2. The summed E-state index contributed by atoms with van der Waals surface area (Å²) in [6.45, 7) is 1.76. The molecule has 6 nitrogen and oxygen atoms in total. The van der Waals surface area contributed by atoms with Gasteiger partial charge in [-0.25, -0.2) is 4.98 Å². The Bertz CT molecular complexity index is 639. The first kappa shape index (κ1) is 14.1. The summed E-state index contributed by atoms with van der Waals surface area (Å²) in [5.41, 5.74) is 1.72. The Balaban J connectivity index is 2.05. The van der Waals surface area contributed by atoms with Gasteiger partial charge in [0.05, 0.1) is 24.8 Å². The largest absolute Gasteiger partial charge is 0.469 e. The van der Waals surface area contributed by atoms with Gasteiger partial charge < -0.3 is 4.74 Å². The van der Waals surface area contributed by atoms with Crippen LogP contribution >= 0.6 is 11.3 Å². The van der Waals surface area contributed by atoms with Crippen molar-refractivity contribution in [3.05, 3.63) is 40.7 Å². The summed E-state index contributed by atoms with van der Waals surface area (Å²) in [5, 5.41) is 4.84. The number of aromatic nitrogens is 2. The summed E-state index contributed by atoms with van der Waals surface area (Å²) in [6.07, 6.45) is 1.72. The topological polar surface area (TPSA) is 81.2 Å². The maximum Gasteiger partial charge on any atom is 0.311 e. The molecular weight excluding hydrogens is 278 g/mol. The van der Waals surface area contributed by atoms with Crippen LogP contribution in [0.15, 0.2) is 23.7 Å². The fraction of sp³-hybridized carbons (Fsp3) is 0.231. The van der Waals surface area contributed by atoms with Gasteiger partial charge in [0.2, 0.25) is 0 Å². The second-order valence-electron chi connectivity index (χ2n) is 3.99. The van der Waals surface area contributed by atoms with Crippen LogP contribution < -0.4 is 5.32 Å². The molecule has 0 saturated heterocycles. The highest BCUT2D eigenvalue weighted by molar-refractivity contribution is 7.14. The number of nitrogens with zero attached hydrogens (tertiary/aromatic N) is 2. The minimum absolute atomic E-state index is 0.0921. The van der Waals surface area contributed by atoms with Crippen LogP contribution in [0.3, 0.4) is 0 Å². The number of methoxy groups -OCH3 is 1. The number of rotatable bonds is 4. The lowest BCUT2D eigenvalue weighted by molar-refractivity contribution is -0.139. The zero-order valence-corrected chi connectivity index (χ0v) is 11.9. The average molecular weight is 291 g/mol. The lowest BCUT2D eigenvalue weighted by atomic mass is 10.2. The molecule has 0 fully saturated rings. The van der Waals surface area contributed by atoms with E-state index in [0.717, 1.165) is 0 Å². The second kappa shape index (κ2) is 6.25. The predicted octanol–water partition coefficient (Wildman–Crippen LogP) is 1.81. The van der Waals surface area contributed by atoms with Crippen molar-refractivity contribution >= 4 is 28.3 Å². The maximum atomic E-state index is 12.0. The molecule has 2 heterocycles. The van der Waals surface area contributed by atoms with Gasteiger partial charge in [-0.2, -0.15) is 0 Å². The molecular formula is C13H13N3O3S. The third-order valence-electron chi connectivity index (χ3n) is 2.58. The summed E-state index contributed by atoms with van der Waals surface area (Å²) >= 11 is 1.26. The summed E-state index contributed by atoms with van der Waals surface area (Å²) in [6, 6.07) is 3.40. The number of anilines is 1. The number of pyridine rings is 1. The number of amides is 1. The first-order chi connectivity index (χ1) is 9.60. The number of hydrogen-bond donors (Lipinski definition) is 1. The second-order valence-corrected chi connectivity index (χ2v) is 4.85. The van der Waals surface area contributed by atoms with Crippen LogP contribution in [0.2, 0.25) is 0 Å². The molecule has 0 atom stereocenters. The molecule has 0 spiro atoms. The zero-order chi connectivity index (χ0) is 14.5. The Kier molecular flexibility index (Phi) is 4.41. The molecule has 0 bridgehead atoms. The van der Waals surface area contributed by atoms with Crippen molar-refractivity contribution in [2.75, 3.05) is 12.4 Å². The van der Waals surface area contributed by atoms with E-state index in [0.29, 0.717) is 22.1 Å². The number of thiazole rings is 1. The number of ether oxygens (including phenoxy) is 1. The van der Waals surface area contributed by atoms with Crippen LogP contribution in [0.5, 0.6) is 0 Å². The zero-order valence-electron chi connectivity index (χ0n) is 11.0. The molecule has 2 rings (SSSR count). The molecule has 0 aliphatic carbocycles. The highest BCUT2D eigenvalue weighted by Gasteiger charge is 2.13. The maximum absolute atomic E-state index is 12.0. The van der Waals surface area contributed by atoms with E-state index < -0.39 is 0 Å². The third-order valence-corrected chi connectivity index (χ3v) is 3.38. The Morgan fingerprint density at radius 3 is 2.95 bits per heavy atom. The lowest BCUT2D eigenvalue weighted by Crippen LogP contribution is -2.14.